The molecule has 7 nitrogen and oxygen atoms in total. The predicted octanol–water partition coefficient (Wildman–Crippen LogP) is 2.60. The molecule has 0 fully saturated rings. The molecule has 2 aromatic carbocycles. The third-order valence-corrected chi connectivity index (χ3v) is 4.59. The number of fused-ring (bicyclic) bond motifs is 1. The molecule has 1 N–H and O–H groups in total. The second kappa shape index (κ2) is 8.12. The first-order valence-corrected chi connectivity index (χ1v) is 8.95. The van der Waals surface area contributed by atoms with E-state index in [1.54, 1.807) is 30.3 Å². The highest BCUT2D eigenvalue weighted by Gasteiger charge is 2.31. The molecule has 2 amide bonds. The van der Waals surface area contributed by atoms with Crippen LogP contribution >= 0.6 is 0 Å². The molecular formula is C21H22N2O5. The fourth-order valence-electron chi connectivity index (χ4n) is 2.95. The molecular weight excluding hydrogens is 360 g/mol. The number of nitrogens with zero attached hydrogens (tertiary/aromatic N) is 1. The summed E-state index contributed by atoms with van der Waals surface area (Å²) in [6, 6.07) is 12.5. The van der Waals surface area contributed by atoms with Crippen LogP contribution in [0.2, 0.25) is 0 Å². The third kappa shape index (κ3) is 4.14. The van der Waals surface area contributed by atoms with Gasteiger partial charge >= 0.3 is 5.97 Å². The molecule has 7 heteroatoms. The van der Waals surface area contributed by atoms with Crippen LogP contribution in [0.15, 0.2) is 42.5 Å². The van der Waals surface area contributed by atoms with Crippen molar-refractivity contribution < 1.29 is 23.9 Å². The van der Waals surface area contributed by atoms with Gasteiger partial charge in [-0.15, -0.1) is 0 Å². The second-order valence-corrected chi connectivity index (χ2v) is 6.61. The number of carbonyl (C=O) groups excluding carboxylic acids is 3. The normalized spacial score (nSPS) is 14.0. The number of anilines is 2. The Morgan fingerprint density at radius 1 is 1.14 bits per heavy atom. The fraction of sp³-hybridized carbons (Fsp3) is 0.286. The molecule has 1 aliphatic heterocycles. The molecule has 0 aliphatic carbocycles. The van der Waals surface area contributed by atoms with Gasteiger partial charge in [-0.3, -0.25) is 14.5 Å². The number of ether oxygens (including phenoxy) is 2. The monoisotopic (exact) mass is 382 g/mol. The molecule has 1 atom stereocenters. The summed E-state index contributed by atoms with van der Waals surface area (Å²) in [6.07, 6.45) is -1.05. The van der Waals surface area contributed by atoms with Gasteiger partial charge in [0.15, 0.2) is 12.7 Å². The topological polar surface area (TPSA) is 84.9 Å². The van der Waals surface area contributed by atoms with E-state index >= 15 is 0 Å². The van der Waals surface area contributed by atoms with E-state index in [0.29, 0.717) is 17.1 Å². The van der Waals surface area contributed by atoms with Gasteiger partial charge in [-0.2, -0.15) is 0 Å². The van der Waals surface area contributed by atoms with Crippen LogP contribution in [-0.2, 0) is 19.1 Å². The Balaban J connectivity index is 1.62. The number of esters is 1. The fourth-order valence-corrected chi connectivity index (χ4v) is 2.95. The van der Waals surface area contributed by atoms with Crippen molar-refractivity contribution in [3.8, 4) is 5.75 Å². The first kappa shape index (κ1) is 19.4. The number of nitrogens with one attached hydrogen (secondary N) is 1. The van der Waals surface area contributed by atoms with Crippen molar-refractivity contribution in [2.45, 2.75) is 26.9 Å². The maximum atomic E-state index is 12.7. The van der Waals surface area contributed by atoms with E-state index in [-0.39, 0.29) is 19.1 Å². The molecule has 0 radical (unpaired) electrons. The summed E-state index contributed by atoms with van der Waals surface area (Å²) < 4.78 is 10.7. The summed E-state index contributed by atoms with van der Waals surface area (Å²) in [7, 11) is 0. The van der Waals surface area contributed by atoms with Crippen molar-refractivity contribution >= 4 is 29.2 Å². The Morgan fingerprint density at radius 2 is 1.89 bits per heavy atom. The Morgan fingerprint density at radius 3 is 2.68 bits per heavy atom. The quantitative estimate of drug-likeness (QED) is 0.804. The maximum Gasteiger partial charge on any atom is 0.344 e. The van der Waals surface area contributed by atoms with Gasteiger partial charge in [-0.05, 0) is 50.1 Å². The first-order chi connectivity index (χ1) is 13.4. The van der Waals surface area contributed by atoms with Crippen LogP contribution < -0.4 is 15.0 Å². The molecule has 0 unspecified atom stereocenters. The summed E-state index contributed by atoms with van der Waals surface area (Å²) in [5, 5.41) is 2.71. The van der Waals surface area contributed by atoms with Crippen molar-refractivity contribution in [2.24, 2.45) is 0 Å². The number of para-hydroxylation sites is 2. The van der Waals surface area contributed by atoms with Crippen LogP contribution in [0.5, 0.6) is 5.75 Å². The minimum absolute atomic E-state index is 0.128. The number of rotatable bonds is 5. The van der Waals surface area contributed by atoms with E-state index in [4.69, 9.17) is 9.47 Å². The van der Waals surface area contributed by atoms with E-state index in [1.807, 2.05) is 26.0 Å². The van der Waals surface area contributed by atoms with E-state index < -0.39 is 18.0 Å². The van der Waals surface area contributed by atoms with Crippen molar-refractivity contribution in [3.63, 3.8) is 0 Å². The second-order valence-electron chi connectivity index (χ2n) is 6.61. The lowest BCUT2D eigenvalue weighted by Gasteiger charge is -2.30. The number of amides is 2. The lowest BCUT2D eigenvalue weighted by molar-refractivity contribution is -0.155. The van der Waals surface area contributed by atoms with Crippen LogP contribution in [-0.4, -0.2) is 37.0 Å². The van der Waals surface area contributed by atoms with Crippen molar-refractivity contribution in [1.82, 2.24) is 0 Å². The molecule has 1 aliphatic rings. The summed E-state index contributed by atoms with van der Waals surface area (Å²) in [4.78, 5) is 38.1. The molecule has 3 rings (SSSR count). The standard InChI is InChI=1S/C21H22N2O5/c1-13-7-6-10-18(14(13)2)27-12-20(25)28-15(3)21(26)23-11-19(24)22-16-8-4-5-9-17(16)23/h4-10,15H,11-12H2,1-3H3,(H,22,24)/t15-/m1/s1. The Labute approximate surface area is 163 Å². The largest absolute Gasteiger partial charge is 0.482 e. The van der Waals surface area contributed by atoms with Gasteiger partial charge in [0.05, 0.1) is 11.4 Å². The van der Waals surface area contributed by atoms with E-state index in [1.165, 1.54) is 11.8 Å². The SMILES string of the molecule is Cc1cccc(OCC(=O)O[C@H](C)C(=O)N2CC(=O)Nc3ccccc32)c1C. The predicted molar refractivity (Wildman–Crippen MR) is 104 cm³/mol. The van der Waals surface area contributed by atoms with Crippen LogP contribution in [0.3, 0.4) is 0 Å². The Bertz CT molecular complexity index is 925. The zero-order valence-electron chi connectivity index (χ0n) is 16.0. The summed E-state index contributed by atoms with van der Waals surface area (Å²) >= 11 is 0. The third-order valence-electron chi connectivity index (χ3n) is 4.59. The minimum Gasteiger partial charge on any atom is -0.482 e. The lowest BCUT2D eigenvalue weighted by Crippen LogP contribution is -2.47. The average Bonchev–Trinajstić information content (AvgIpc) is 2.67. The number of aryl methyl sites for hydroxylation is 1. The van der Waals surface area contributed by atoms with Gasteiger partial charge in [0.1, 0.15) is 12.3 Å². The molecule has 0 spiro atoms. The Hall–Kier alpha value is -3.35. The molecule has 0 aromatic heterocycles. The highest BCUT2D eigenvalue weighted by atomic mass is 16.6. The van der Waals surface area contributed by atoms with Gasteiger partial charge in [0, 0.05) is 0 Å². The summed E-state index contributed by atoms with van der Waals surface area (Å²) in [5.74, 6) is -0.833. The van der Waals surface area contributed by atoms with Crippen molar-refractivity contribution in [3.05, 3.63) is 53.6 Å². The summed E-state index contributed by atoms with van der Waals surface area (Å²) in [6.45, 7) is 4.90. The molecule has 2 aromatic rings. The van der Waals surface area contributed by atoms with Crippen molar-refractivity contribution in [2.75, 3.05) is 23.4 Å². The van der Waals surface area contributed by atoms with Crippen LogP contribution in [0.4, 0.5) is 11.4 Å². The molecule has 0 bridgehead atoms. The van der Waals surface area contributed by atoms with Crippen LogP contribution in [0.1, 0.15) is 18.1 Å². The summed E-state index contributed by atoms with van der Waals surface area (Å²) in [5.41, 5.74) is 3.11. The number of hydrogen-bond acceptors (Lipinski definition) is 5. The molecule has 0 saturated carbocycles. The average molecular weight is 382 g/mol. The van der Waals surface area contributed by atoms with Gasteiger partial charge in [-0.25, -0.2) is 4.79 Å². The van der Waals surface area contributed by atoms with Gasteiger partial charge in [0.2, 0.25) is 5.91 Å². The molecule has 146 valence electrons. The van der Waals surface area contributed by atoms with Crippen LogP contribution in [0.25, 0.3) is 0 Å². The van der Waals surface area contributed by atoms with Crippen LogP contribution in [0, 0.1) is 13.8 Å². The number of carbonyl (C=O) groups is 3. The lowest BCUT2D eigenvalue weighted by atomic mass is 10.1. The van der Waals surface area contributed by atoms with Crippen molar-refractivity contribution in [1.29, 1.82) is 0 Å². The highest BCUT2D eigenvalue weighted by molar-refractivity contribution is 6.11. The van der Waals surface area contributed by atoms with Gasteiger partial charge in [0.25, 0.3) is 5.91 Å². The molecule has 0 saturated heterocycles. The zero-order chi connectivity index (χ0) is 20.3. The highest BCUT2D eigenvalue weighted by Crippen LogP contribution is 2.29. The molecule has 1 heterocycles. The minimum atomic E-state index is -1.05. The van der Waals surface area contributed by atoms with Gasteiger partial charge < -0.3 is 14.8 Å². The van der Waals surface area contributed by atoms with E-state index in [9.17, 15) is 14.4 Å². The van der Waals surface area contributed by atoms with E-state index in [2.05, 4.69) is 5.32 Å². The molecule has 28 heavy (non-hydrogen) atoms. The Kier molecular flexibility index (Phi) is 5.63. The number of benzene rings is 2. The maximum absolute atomic E-state index is 12.7. The van der Waals surface area contributed by atoms with E-state index in [0.717, 1.165) is 11.1 Å². The smallest absolute Gasteiger partial charge is 0.344 e. The zero-order valence-corrected chi connectivity index (χ0v) is 16.0. The first-order valence-electron chi connectivity index (χ1n) is 8.95. The number of hydrogen-bond donors (Lipinski definition) is 1. The van der Waals surface area contributed by atoms with Gasteiger partial charge in [-0.1, -0.05) is 24.3 Å².